The molecule has 0 amide bonds. The van der Waals surface area contributed by atoms with E-state index in [0.29, 0.717) is 18.1 Å². The van der Waals surface area contributed by atoms with Crippen molar-refractivity contribution in [2.45, 2.75) is 50.7 Å². The molecule has 27 heavy (non-hydrogen) atoms. The summed E-state index contributed by atoms with van der Waals surface area (Å²) in [7, 11) is 1.74. The zero-order valence-corrected chi connectivity index (χ0v) is 18.1. The van der Waals surface area contributed by atoms with Crippen molar-refractivity contribution in [1.82, 2.24) is 10.2 Å². The Morgan fingerprint density at radius 2 is 1.96 bits per heavy atom. The average Bonchev–Trinajstić information content (AvgIpc) is 3.45. The molecular weight excluding hydrogens is 406 g/mol. The van der Waals surface area contributed by atoms with Gasteiger partial charge in [0.2, 0.25) is 0 Å². The van der Waals surface area contributed by atoms with Gasteiger partial charge in [0.1, 0.15) is 0 Å². The van der Waals surface area contributed by atoms with Crippen molar-refractivity contribution in [2.75, 3.05) is 40.0 Å². The lowest BCUT2D eigenvalue weighted by Gasteiger charge is -2.34. The third-order valence-electron chi connectivity index (χ3n) is 5.30. The SMILES string of the molecule is CCN=C(NC1CC1c1ccc(Br)cc1)N1CCC(OCCCOC)CC1. The number of guanidine groups is 1. The van der Waals surface area contributed by atoms with Crippen molar-refractivity contribution >= 4 is 21.9 Å². The van der Waals surface area contributed by atoms with Crippen LogP contribution in [0.25, 0.3) is 0 Å². The highest BCUT2D eigenvalue weighted by atomic mass is 79.9. The summed E-state index contributed by atoms with van der Waals surface area (Å²) in [4.78, 5) is 7.15. The molecule has 1 aliphatic heterocycles. The average molecular weight is 438 g/mol. The van der Waals surface area contributed by atoms with E-state index in [1.165, 1.54) is 12.0 Å². The second-order valence-electron chi connectivity index (χ2n) is 7.35. The number of piperidine rings is 1. The van der Waals surface area contributed by atoms with E-state index in [1.54, 1.807) is 7.11 Å². The summed E-state index contributed by atoms with van der Waals surface area (Å²) < 4.78 is 12.2. The highest BCUT2D eigenvalue weighted by molar-refractivity contribution is 9.10. The van der Waals surface area contributed by atoms with Crippen LogP contribution in [0, 0.1) is 0 Å². The number of nitrogens with one attached hydrogen (secondary N) is 1. The predicted molar refractivity (Wildman–Crippen MR) is 113 cm³/mol. The Bertz CT molecular complexity index is 600. The van der Waals surface area contributed by atoms with Gasteiger partial charge in [-0.1, -0.05) is 28.1 Å². The lowest BCUT2D eigenvalue weighted by Crippen LogP contribution is -2.48. The number of hydrogen-bond acceptors (Lipinski definition) is 3. The topological polar surface area (TPSA) is 46.1 Å². The Hall–Kier alpha value is -1.11. The summed E-state index contributed by atoms with van der Waals surface area (Å²) >= 11 is 3.51. The molecule has 0 aromatic heterocycles. The van der Waals surface area contributed by atoms with Gasteiger partial charge < -0.3 is 19.7 Å². The van der Waals surface area contributed by atoms with Crippen LogP contribution in [0.2, 0.25) is 0 Å². The van der Waals surface area contributed by atoms with Gasteiger partial charge >= 0.3 is 0 Å². The number of hydrogen-bond donors (Lipinski definition) is 1. The van der Waals surface area contributed by atoms with Crippen LogP contribution in [0.1, 0.15) is 44.1 Å². The maximum atomic E-state index is 5.98. The van der Waals surface area contributed by atoms with E-state index in [1.807, 2.05) is 0 Å². The fourth-order valence-electron chi connectivity index (χ4n) is 3.67. The number of benzene rings is 1. The standard InChI is InChI=1S/C21H32BrN3O2/c1-3-23-21(24-20-15-19(20)16-5-7-17(22)8-6-16)25-11-9-18(10-12-25)27-14-4-13-26-2/h5-8,18-20H,3-4,9-15H2,1-2H3,(H,23,24). The van der Waals surface area contributed by atoms with E-state index >= 15 is 0 Å². The number of rotatable bonds is 8. The Morgan fingerprint density at radius 3 is 2.63 bits per heavy atom. The summed E-state index contributed by atoms with van der Waals surface area (Å²) in [5.41, 5.74) is 1.41. The quantitative estimate of drug-likeness (QED) is 0.381. The molecular formula is C21H32BrN3O2. The molecule has 3 rings (SSSR count). The zero-order valence-electron chi connectivity index (χ0n) is 16.5. The van der Waals surface area contributed by atoms with Crippen molar-refractivity contribution in [3.05, 3.63) is 34.3 Å². The van der Waals surface area contributed by atoms with Crippen LogP contribution in [0.5, 0.6) is 0 Å². The second kappa shape index (κ2) is 10.4. The van der Waals surface area contributed by atoms with Crippen LogP contribution in [0.4, 0.5) is 0 Å². The normalized spacial score (nSPS) is 23.5. The highest BCUT2D eigenvalue weighted by Crippen LogP contribution is 2.41. The van der Waals surface area contributed by atoms with Gasteiger partial charge in [0, 0.05) is 56.4 Å². The molecule has 1 saturated heterocycles. The molecule has 1 saturated carbocycles. The molecule has 1 aromatic carbocycles. The molecule has 1 aliphatic carbocycles. The fourth-order valence-corrected chi connectivity index (χ4v) is 3.94. The summed E-state index contributed by atoms with van der Waals surface area (Å²) in [5.74, 6) is 1.67. The van der Waals surface area contributed by atoms with Crippen molar-refractivity contribution in [3.63, 3.8) is 0 Å². The van der Waals surface area contributed by atoms with Gasteiger partial charge in [0.25, 0.3) is 0 Å². The van der Waals surface area contributed by atoms with Crippen molar-refractivity contribution in [3.8, 4) is 0 Å². The van der Waals surface area contributed by atoms with Crippen molar-refractivity contribution in [1.29, 1.82) is 0 Å². The second-order valence-corrected chi connectivity index (χ2v) is 8.26. The molecule has 5 nitrogen and oxygen atoms in total. The molecule has 1 N–H and O–H groups in total. The van der Waals surface area contributed by atoms with Gasteiger partial charge in [-0.3, -0.25) is 4.99 Å². The summed E-state index contributed by atoms with van der Waals surface area (Å²) in [6.07, 6.45) is 4.66. The minimum absolute atomic E-state index is 0.373. The van der Waals surface area contributed by atoms with Crippen LogP contribution in [-0.4, -0.2) is 63.0 Å². The van der Waals surface area contributed by atoms with Crippen LogP contribution < -0.4 is 5.32 Å². The molecule has 1 heterocycles. The van der Waals surface area contributed by atoms with E-state index in [4.69, 9.17) is 14.5 Å². The van der Waals surface area contributed by atoms with E-state index < -0.39 is 0 Å². The smallest absolute Gasteiger partial charge is 0.194 e. The van der Waals surface area contributed by atoms with Gasteiger partial charge in [0.15, 0.2) is 5.96 Å². The number of nitrogens with zero attached hydrogens (tertiary/aromatic N) is 2. The molecule has 2 atom stereocenters. The molecule has 1 aromatic rings. The molecule has 0 radical (unpaired) electrons. The fraction of sp³-hybridized carbons (Fsp3) is 0.667. The highest BCUT2D eigenvalue weighted by Gasteiger charge is 2.39. The van der Waals surface area contributed by atoms with E-state index in [2.05, 4.69) is 57.3 Å². The predicted octanol–water partition coefficient (Wildman–Crippen LogP) is 3.79. The Balaban J connectivity index is 1.45. The first-order valence-corrected chi connectivity index (χ1v) is 10.9. The summed E-state index contributed by atoms with van der Waals surface area (Å²) in [6.45, 7) is 6.51. The molecule has 2 fully saturated rings. The first kappa shape index (κ1) is 20.6. The molecule has 6 heteroatoms. The minimum Gasteiger partial charge on any atom is -0.385 e. The van der Waals surface area contributed by atoms with Crippen LogP contribution in [-0.2, 0) is 9.47 Å². The molecule has 150 valence electrons. The van der Waals surface area contributed by atoms with Crippen molar-refractivity contribution in [2.24, 2.45) is 4.99 Å². The van der Waals surface area contributed by atoms with Crippen LogP contribution in [0.15, 0.2) is 33.7 Å². The van der Waals surface area contributed by atoms with Gasteiger partial charge in [-0.25, -0.2) is 0 Å². The Kier molecular flexibility index (Phi) is 7.97. The third kappa shape index (κ3) is 6.19. The number of likely N-dealkylation sites (tertiary alicyclic amines) is 1. The molecule has 2 unspecified atom stereocenters. The van der Waals surface area contributed by atoms with E-state index in [-0.39, 0.29) is 0 Å². The summed E-state index contributed by atoms with van der Waals surface area (Å²) in [6, 6.07) is 9.20. The first-order chi connectivity index (χ1) is 13.2. The maximum absolute atomic E-state index is 5.98. The van der Waals surface area contributed by atoms with E-state index in [9.17, 15) is 0 Å². The number of halogens is 1. The lowest BCUT2D eigenvalue weighted by molar-refractivity contribution is 0.00988. The van der Waals surface area contributed by atoms with Gasteiger partial charge in [-0.15, -0.1) is 0 Å². The molecule has 0 bridgehead atoms. The zero-order chi connectivity index (χ0) is 19.1. The monoisotopic (exact) mass is 437 g/mol. The van der Waals surface area contributed by atoms with Crippen molar-refractivity contribution < 1.29 is 9.47 Å². The largest absolute Gasteiger partial charge is 0.385 e. The summed E-state index contributed by atoms with van der Waals surface area (Å²) in [5, 5.41) is 3.71. The van der Waals surface area contributed by atoms with Gasteiger partial charge in [0.05, 0.1) is 6.10 Å². The minimum atomic E-state index is 0.373. The Morgan fingerprint density at radius 1 is 1.22 bits per heavy atom. The third-order valence-corrected chi connectivity index (χ3v) is 5.83. The number of aliphatic imine (C=N–C) groups is 1. The van der Waals surface area contributed by atoms with Crippen LogP contribution in [0.3, 0.4) is 0 Å². The van der Waals surface area contributed by atoms with E-state index in [0.717, 1.165) is 62.5 Å². The number of ether oxygens (including phenoxy) is 2. The maximum Gasteiger partial charge on any atom is 0.194 e. The first-order valence-electron chi connectivity index (χ1n) is 10.1. The van der Waals surface area contributed by atoms with Gasteiger partial charge in [-0.05, 0) is 50.3 Å². The molecule has 0 spiro atoms. The number of methoxy groups -OCH3 is 1. The van der Waals surface area contributed by atoms with Gasteiger partial charge in [-0.2, -0.15) is 0 Å². The van der Waals surface area contributed by atoms with Crippen LogP contribution >= 0.6 is 15.9 Å². The lowest BCUT2D eigenvalue weighted by atomic mass is 10.1. The Labute approximate surface area is 171 Å². The molecule has 2 aliphatic rings.